The lowest BCUT2D eigenvalue weighted by atomic mass is 10.1. The van der Waals surface area contributed by atoms with Gasteiger partial charge >= 0.3 is 0 Å². The Balaban J connectivity index is 1.40. The Kier molecular flexibility index (Phi) is 5.91. The SMILES string of the molecule is Cc1[nH]c2ccccc2c1C(=O)C(=O)NCCN1C(=O)S/C(=C\c2ccccc2F)C1=O. The highest BCUT2D eigenvalue weighted by molar-refractivity contribution is 8.18. The van der Waals surface area contributed by atoms with E-state index in [1.807, 2.05) is 12.1 Å². The molecule has 0 bridgehead atoms. The van der Waals surface area contributed by atoms with Gasteiger partial charge in [-0.2, -0.15) is 0 Å². The van der Waals surface area contributed by atoms with Gasteiger partial charge < -0.3 is 10.3 Å². The highest BCUT2D eigenvalue weighted by atomic mass is 32.2. The minimum absolute atomic E-state index is 0.0863. The summed E-state index contributed by atoms with van der Waals surface area (Å²) in [5, 5.41) is 2.59. The van der Waals surface area contributed by atoms with Crippen molar-refractivity contribution in [1.29, 1.82) is 0 Å². The summed E-state index contributed by atoms with van der Waals surface area (Å²) in [5.74, 6) is -2.60. The number of benzene rings is 2. The van der Waals surface area contributed by atoms with Crippen LogP contribution in [0.1, 0.15) is 21.6 Å². The minimum Gasteiger partial charge on any atom is -0.358 e. The van der Waals surface area contributed by atoms with Crippen molar-refractivity contribution in [2.75, 3.05) is 13.1 Å². The van der Waals surface area contributed by atoms with Crippen LogP contribution in [0.5, 0.6) is 0 Å². The Morgan fingerprint density at radius 1 is 1.12 bits per heavy atom. The van der Waals surface area contributed by atoms with Crippen molar-refractivity contribution in [3.63, 3.8) is 0 Å². The van der Waals surface area contributed by atoms with Crippen LogP contribution >= 0.6 is 11.8 Å². The number of halogens is 1. The largest absolute Gasteiger partial charge is 0.358 e. The van der Waals surface area contributed by atoms with Crippen LogP contribution < -0.4 is 5.32 Å². The van der Waals surface area contributed by atoms with Gasteiger partial charge in [-0.3, -0.25) is 24.1 Å². The normalized spacial score (nSPS) is 15.1. The van der Waals surface area contributed by atoms with Gasteiger partial charge in [-0.15, -0.1) is 0 Å². The van der Waals surface area contributed by atoms with E-state index in [0.717, 1.165) is 10.4 Å². The zero-order valence-corrected chi connectivity index (χ0v) is 17.8. The molecule has 1 aliphatic rings. The van der Waals surface area contributed by atoms with Gasteiger partial charge in [-0.05, 0) is 36.9 Å². The van der Waals surface area contributed by atoms with Crippen molar-refractivity contribution in [3.05, 3.63) is 76.1 Å². The first-order chi connectivity index (χ1) is 15.4. The number of imide groups is 1. The number of carbonyl (C=O) groups excluding carboxylic acids is 4. The summed E-state index contributed by atoms with van der Waals surface area (Å²) in [6, 6.07) is 13.1. The highest BCUT2D eigenvalue weighted by Crippen LogP contribution is 2.32. The number of hydrogen-bond acceptors (Lipinski definition) is 5. The van der Waals surface area contributed by atoms with E-state index in [-0.39, 0.29) is 29.1 Å². The molecule has 4 rings (SSSR count). The Bertz CT molecular complexity index is 1300. The summed E-state index contributed by atoms with van der Waals surface area (Å²) < 4.78 is 13.8. The molecule has 2 aromatic carbocycles. The predicted molar refractivity (Wildman–Crippen MR) is 119 cm³/mol. The van der Waals surface area contributed by atoms with Crippen molar-refractivity contribution in [3.8, 4) is 0 Å². The van der Waals surface area contributed by atoms with Crippen LogP contribution in [0.2, 0.25) is 0 Å². The number of Topliss-reactive ketones (excluding diaryl/α,β-unsaturated/α-hetero) is 1. The second-order valence-corrected chi connectivity index (χ2v) is 8.10. The first-order valence-electron chi connectivity index (χ1n) is 9.76. The number of hydrogen-bond donors (Lipinski definition) is 2. The van der Waals surface area contributed by atoms with Crippen molar-refractivity contribution in [1.82, 2.24) is 15.2 Å². The average molecular weight is 451 g/mol. The molecule has 1 fully saturated rings. The van der Waals surface area contributed by atoms with Crippen molar-refractivity contribution in [2.24, 2.45) is 0 Å². The van der Waals surface area contributed by atoms with Crippen LogP contribution in [0, 0.1) is 12.7 Å². The highest BCUT2D eigenvalue weighted by Gasteiger charge is 2.35. The van der Waals surface area contributed by atoms with E-state index in [9.17, 15) is 23.6 Å². The zero-order valence-electron chi connectivity index (χ0n) is 17.0. The Morgan fingerprint density at radius 3 is 2.62 bits per heavy atom. The molecular formula is C23H18FN3O4S. The number of aryl methyl sites for hydroxylation is 1. The lowest BCUT2D eigenvalue weighted by Crippen LogP contribution is -2.39. The van der Waals surface area contributed by atoms with Crippen molar-refractivity contribution < 1.29 is 23.6 Å². The number of fused-ring (bicyclic) bond motifs is 1. The van der Waals surface area contributed by atoms with Crippen LogP contribution in [0.25, 0.3) is 17.0 Å². The first-order valence-corrected chi connectivity index (χ1v) is 10.6. The van der Waals surface area contributed by atoms with Gasteiger partial charge in [0.2, 0.25) is 0 Å². The quantitative estimate of drug-likeness (QED) is 0.339. The van der Waals surface area contributed by atoms with Crippen molar-refractivity contribution in [2.45, 2.75) is 6.92 Å². The number of nitrogens with one attached hydrogen (secondary N) is 2. The van der Waals surface area contributed by atoms with Gasteiger partial charge in [0.05, 0.1) is 10.5 Å². The maximum Gasteiger partial charge on any atom is 0.293 e. The van der Waals surface area contributed by atoms with E-state index in [2.05, 4.69) is 10.3 Å². The molecule has 0 radical (unpaired) electrons. The summed E-state index contributed by atoms with van der Waals surface area (Å²) in [6.45, 7) is 1.52. The molecule has 0 aliphatic carbocycles. The summed E-state index contributed by atoms with van der Waals surface area (Å²) in [7, 11) is 0. The lowest BCUT2D eigenvalue weighted by Gasteiger charge is -2.12. The van der Waals surface area contributed by atoms with Crippen LogP contribution in [0.4, 0.5) is 9.18 Å². The zero-order chi connectivity index (χ0) is 22.8. The van der Waals surface area contributed by atoms with E-state index in [4.69, 9.17) is 0 Å². The van der Waals surface area contributed by atoms with Gasteiger partial charge in [-0.25, -0.2) is 4.39 Å². The summed E-state index contributed by atoms with van der Waals surface area (Å²) in [5.41, 5.74) is 1.82. The monoisotopic (exact) mass is 451 g/mol. The molecule has 0 saturated carbocycles. The Hall–Kier alpha value is -3.72. The summed E-state index contributed by atoms with van der Waals surface area (Å²) in [4.78, 5) is 53.9. The number of amides is 3. The fourth-order valence-electron chi connectivity index (χ4n) is 3.47. The van der Waals surface area contributed by atoms with Crippen LogP contribution in [-0.4, -0.2) is 45.8 Å². The van der Waals surface area contributed by atoms with Crippen LogP contribution in [0.15, 0.2) is 53.4 Å². The number of nitrogens with zero attached hydrogens (tertiary/aromatic N) is 1. The number of aromatic nitrogens is 1. The molecule has 9 heteroatoms. The fraction of sp³-hybridized carbons (Fsp3) is 0.130. The maximum atomic E-state index is 13.8. The van der Waals surface area contributed by atoms with Gasteiger partial charge in [0.1, 0.15) is 5.82 Å². The third kappa shape index (κ3) is 4.06. The van der Waals surface area contributed by atoms with E-state index < -0.39 is 28.7 Å². The number of rotatable bonds is 6. The summed E-state index contributed by atoms with van der Waals surface area (Å²) >= 11 is 0.700. The molecule has 2 heterocycles. The number of aromatic amines is 1. The molecule has 0 unspecified atom stereocenters. The summed E-state index contributed by atoms with van der Waals surface area (Å²) in [6.07, 6.45) is 1.32. The molecule has 2 N–H and O–H groups in total. The van der Waals surface area contributed by atoms with Crippen LogP contribution in [0.3, 0.4) is 0 Å². The Labute approximate surface area is 186 Å². The first kappa shape index (κ1) is 21.5. The second kappa shape index (κ2) is 8.80. The number of para-hydroxylation sites is 1. The van der Waals surface area contributed by atoms with Gasteiger partial charge in [0, 0.05) is 35.2 Å². The molecule has 32 heavy (non-hydrogen) atoms. The molecule has 0 atom stereocenters. The number of thioether (sulfide) groups is 1. The third-order valence-electron chi connectivity index (χ3n) is 5.01. The molecule has 7 nitrogen and oxygen atoms in total. The van der Waals surface area contributed by atoms with E-state index >= 15 is 0 Å². The fourth-order valence-corrected chi connectivity index (χ4v) is 4.33. The predicted octanol–water partition coefficient (Wildman–Crippen LogP) is 3.65. The minimum atomic E-state index is -0.827. The third-order valence-corrected chi connectivity index (χ3v) is 5.92. The van der Waals surface area contributed by atoms with E-state index in [0.29, 0.717) is 22.8 Å². The molecule has 0 spiro atoms. The smallest absolute Gasteiger partial charge is 0.293 e. The van der Waals surface area contributed by atoms with Gasteiger partial charge in [-0.1, -0.05) is 36.4 Å². The number of H-pyrrole nitrogens is 1. The Morgan fingerprint density at radius 2 is 1.84 bits per heavy atom. The molecule has 1 aliphatic heterocycles. The lowest BCUT2D eigenvalue weighted by molar-refractivity contribution is -0.123. The molecule has 1 saturated heterocycles. The second-order valence-electron chi connectivity index (χ2n) is 7.11. The van der Waals surface area contributed by atoms with Crippen LogP contribution in [-0.2, 0) is 9.59 Å². The van der Waals surface area contributed by atoms with E-state index in [1.54, 1.807) is 25.1 Å². The van der Waals surface area contributed by atoms with E-state index in [1.165, 1.54) is 24.3 Å². The maximum absolute atomic E-state index is 13.8. The average Bonchev–Trinajstić information content (AvgIpc) is 3.24. The topological polar surface area (TPSA) is 99.3 Å². The number of ketones is 1. The molecule has 3 amide bonds. The van der Waals surface area contributed by atoms with Gasteiger partial charge in [0.15, 0.2) is 0 Å². The molecule has 3 aromatic rings. The molecule has 1 aromatic heterocycles. The molecule has 162 valence electrons. The van der Waals surface area contributed by atoms with Crippen molar-refractivity contribution >= 4 is 51.6 Å². The standard InChI is InChI=1S/C23H18FN3O4S/c1-13-19(15-7-3-5-9-17(15)26-13)20(28)21(29)25-10-11-27-22(30)18(32-23(27)31)12-14-6-2-4-8-16(14)24/h2-9,12,26H,10-11H2,1H3,(H,25,29)/b18-12-. The number of carbonyl (C=O) groups is 4. The molecular weight excluding hydrogens is 433 g/mol. The van der Waals surface area contributed by atoms with Gasteiger partial charge in [0.25, 0.3) is 22.8 Å².